The van der Waals surface area contributed by atoms with Crippen LogP contribution in [0.25, 0.3) is 0 Å². The molecule has 0 aliphatic carbocycles. The quantitative estimate of drug-likeness (QED) is 0.805. The van der Waals surface area contributed by atoms with Crippen LogP contribution in [-0.2, 0) is 6.54 Å². The maximum atomic E-state index is 4.32. The van der Waals surface area contributed by atoms with Crippen molar-refractivity contribution in [2.75, 3.05) is 0 Å². The van der Waals surface area contributed by atoms with Crippen LogP contribution in [0.3, 0.4) is 0 Å². The molecule has 1 heterocycles. The molecule has 3 heteroatoms. The summed E-state index contributed by atoms with van der Waals surface area (Å²) < 4.78 is 0. The van der Waals surface area contributed by atoms with Crippen LogP contribution in [-0.4, -0.2) is 16.0 Å². The van der Waals surface area contributed by atoms with Gasteiger partial charge in [0, 0.05) is 25.0 Å². The molecule has 1 unspecified atom stereocenters. The van der Waals surface area contributed by atoms with Crippen LogP contribution in [0.15, 0.2) is 12.4 Å². The minimum absolute atomic E-state index is 0.563. The van der Waals surface area contributed by atoms with Crippen LogP contribution >= 0.6 is 0 Å². The van der Waals surface area contributed by atoms with E-state index in [1.54, 1.807) is 0 Å². The fraction of sp³-hybridized carbons (Fsp3) is 0.667. The summed E-state index contributed by atoms with van der Waals surface area (Å²) in [6.07, 6.45) is 4.81. The predicted octanol–water partition coefficient (Wildman–Crippen LogP) is 2.31. The lowest BCUT2D eigenvalue weighted by Crippen LogP contribution is -2.32. The molecule has 0 radical (unpaired) electrons. The number of nitrogens with zero attached hydrogens (tertiary/aromatic N) is 2. The molecule has 1 aromatic rings. The van der Waals surface area contributed by atoms with Gasteiger partial charge >= 0.3 is 0 Å². The van der Waals surface area contributed by atoms with E-state index in [1.807, 2.05) is 19.3 Å². The first-order chi connectivity index (χ1) is 7.13. The smallest absolute Gasteiger partial charge is 0.0724 e. The minimum Gasteiger partial charge on any atom is -0.308 e. The SMILES string of the molecule is CCC(NCc1cnc(C)cn1)C(C)C. The van der Waals surface area contributed by atoms with Crippen molar-refractivity contribution in [3.63, 3.8) is 0 Å². The van der Waals surface area contributed by atoms with Crippen molar-refractivity contribution in [2.24, 2.45) is 5.92 Å². The number of hydrogen-bond acceptors (Lipinski definition) is 3. The third-order valence-corrected chi connectivity index (χ3v) is 2.62. The summed E-state index contributed by atoms with van der Waals surface area (Å²) in [6, 6.07) is 0.563. The molecule has 1 N–H and O–H groups in total. The van der Waals surface area contributed by atoms with E-state index in [4.69, 9.17) is 0 Å². The molecule has 0 aliphatic heterocycles. The summed E-state index contributed by atoms with van der Waals surface area (Å²) in [6.45, 7) is 9.44. The molecule has 1 aromatic heterocycles. The summed E-state index contributed by atoms with van der Waals surface area (Å²) in [4.78, 5) is 8.54. The topological polar surface area (TPSA) is 37.8 Å². The highest BCUT2D eigenvalue weighted by Crippen LogP contribution is 2.06. The van der Waals surface area contributed by atoms with Crippen LogP contribution in [0.4, 0.5) is 0 Å². The zero-order valence-electron chi connectivity index (χ0n) is 10.1. The molecule has 0 aliphatic rings. The van der Waals surface area contributed by atoms with Gasteiger partial charge in [-0.15, -0.1) is 0 Å². The minimum atomic E-state index is 0.563. The Kier molecular flexibility index (Phi) is 4.69. The fourth-order valence-electron chi connectivity index (χ4n) is 1.60. The van der Waals surface area contributed by atoms with E-state index in [2.05, 4.69) is 36.1 Å². The van der Waals surface area contributed by atoms with Gasteiger partial charge in [-0.3, -0.25) is 9.97 Å². The van der Waals surface area contributed by atoms with Crippen molar-refractivity contribution >= 4 is 0 Å². The van der Waals surface area contributed by atoms with Crippen molar-refractivity contribution in [3.8, 4) is 0 Å². The Morgan fingerprint density at radius 1 is 1.27 bits per heavy atom. The van der Waals surface area contributed by atoms with E-state index in [0.717, 1.165) is 24.4 Å². The molecule has 84 valence electrons. The number of hydrogen-bond donors (Lipinski definition) is 1. The summed E-state index contributed by atoms with van der Waals surface area (Å²) in [5.41, 5.74) is 1.98. The molecule has 0 fully saturated rings. The Morgan fingerprint density at radius 3 is 2.47 bits per heavy atom. The van der Waals surface area contributed by atoms with Gasteiger partial charge < -0.3 is 5.32 Å². The first kappa shape index (κ1) is 12.1. The molecule has 0 aromatic carbocycles. The fourth-order valence-corrected chi connectivity index (χ4v) is 1.60. The monoisotopic (exact) mass is 207 g/mol. The van der Waals surface area contributed by atoms with E-state index >= 15 is 0 Å². The number of rotatable bonds is 5. The van der Waals surface area contributed by atoms with Gasteiger partial charge in [0.1, 0.15) is 0 Å². The summed E-state index contributed by atoms with van der Waals surface area (Å²) in [7, 11) is 0. The Balaban J connectivity index is 2.45. The lowest BCUT2D eigenvalue weighted by molar-refractivity contribution is 0.385. The molecular formula is C12H21N3. The summed E-state index contributed by atoms with van der Waals surface area (Å²) in [5, 5.41) is 3.50. The Hall–Kier alpha value is -0.960. The standard InChI is InChI=1S/C12H21N3/c1-5-12(9(2)3)15-8-11-7-13-10(4)6-14-11/h6-7,9,12,15H,5,8H2,1-4H3. The third-order valence-electron chi connectivity index (χ3n) is 2.62. The predicted molar refractivity (Wildman–Crippen MR) is 62.5 cm³/mol. The number of aryl methyl sites for hydroxylation is 1. The molecule has 0 bridgehead atoms. The Morgan fingerprint density at radius 2 is 2.00 bits per heavy atom. The van der Waals surface area contributed by atoms with Crippen LogP contribution in [0.2, 0.25) is 0 Å². The third kappa shape index (κ3) is 3.96. The maximum absolute atomic E-state index is 4.32. The van der Waals surface area contributed by atoms with E-state index in [9.17, 15) is 0 Å². The Labute approximate surface area is 92.3 Å². The van der Waals surface area contributed by atoms with Crippen LogP contribution in [0.1, 0.15) is 38.6 Å². The van der Waals surface area contributed by atoms with Crippen LogP contribution < -0.4 is 5.32 Å². The first-order valence-corrected chi connectivity index (χ1v) is 5.64. The van der Waals surface area contributed by atoms with Gasteiger partial charge in [-0.05, 0) is 19.3 Å². The largest absolute Gasteiger partial charge is 0.308 e. The van der Waals surface area contributed by atoms with E-state index in [0.29, 0.717) is 12.0 Å². The first-order valence-electron chi connectivity index (χ1n) is 5.64. The van der Waals surface area contributed by atoms with E-state index in [1.165, 1.54) is 0 Å². The second-order valence-electron chi connectivity index (χ2n) is 4.29. The van der Waals surface area contributed by atoms with Crippen molar-refractivity contribution in [3.05, 3.63) is 23.8 Å². The summed E-state index contributed by atoms with van der Waals surface area (Å²) in [5.74, 6) is 0.661. The maximum Gasteiger partial charge on any atom is 0.0724 e. The van der Waals surface area contributed by atoms with Crippen molar-refractivity contribution in [1.82, 2.24) is 15.3 Å². The van der Waals surface area contributed by atoms with Gasteiger partial charge in [0.25, 0.3) is 0 Å². The number of nitrogens with one attached hydrogen (secondary N) is 1. The molecule has 0 saturated heterocycles. The second kappa shape index (κ2) is 5.81. The van der Waals surface area contributed by atoms with Gasteiger partial charge in [-0.25, -0.2) is 0 Å². The molecule has 1 atom stereocenters. The highest BCUT2D eigenvalue weighted by Gasteiger charge is 2.09. The molecule has 0 saturated carbocycles. The molecule has 0 amide bonds. The highest BCUT2D eigenvalue weighted by molar-refractivity contribution is 5.00. The lowest BCUT2D eigenvalue weighted by Gasteiger charge is -2.20. The molecule has 3 nitrogen and oxygen atoms in total. The number of aromatic nitrogens is 2. The lowest BCUT2D eigenvalue weighted by atomic mass is 10.0. The molecule has 1 rings (SSSR count). The van der Waals surface area contributed by atoms with Crippen molar-refractivity contribution in [1.29, 1.82) is 0 Å². The van der Waals surface area contributed by atoms with Gasteiger partial charge in [0.2, 0.25) is 0 Å². The second-order valence-corrected chi connectivity index (χ2v) is 4.29. The van der Waals surface area contributed by atoms with E-state index < -0.39 is 0 Å². The molecular weight excluding hydrogens is 186 g/mol. The average molecular weight is 207 g/mol. The van der Waals surface area contributed by atoms with Gasteiger partial charge in [0.15, 0.2) is 0 Å². The van der Waals surface area contributed by atoms with Gasteiger partial charge in [0.05, 0.1) is 11.4 Å². The van der Waals surface area contributed by atoms with E-state index in [-0.39, 0.29) is 0 Å². The molecule has 15 heavy (non-hydrogen) atoms. The van der Waals surface area contributed by atoms with Crippen LogP contribution in [0.5, 0.6) is 0 Å². The van der Waals surface area contributed by atoms with Crippen molar-refractivity contribution in [2.45, 2.75) is 46.7 Å². The van der Waals surface area contributed by atoms with Gasteiger partial charge in [-0.1, -0.05) is 20.8 Å². The summed E-state index contributed by atoms with van der Waals surface area (Å²) >= 11 is 0. The van der Waals surface area contributed by atoms with Gasteiger partial charge in [-0.2, -0.15) is 0 Å². The zero-order valence-corrected chi connectivity index (χ0v) is 10.1. The van der Waals surface area contributed by atoms with Crippen LogP contribution in [0, 0.1) is 12.8 Å². The molecule has 0 spiro atoms. The average Bonchev–Trinajstić information content (AvgIpc) is 2.21. The Bertz CT molecular complexity index is 279. The van der Waals surface area contributed by atoms with Crippen molar-refractivity contribution < 1.29 is 0 Å². The normalized spacial score (nSPS) is 13.1. The highest BCUT2D eigenvalue weighted by atomic mass is 14.9. The zero-order chi connectivity index (χ0) is 11.3.